The molecule has 0 aromatic heterocycles. The van der Waals surface area contributed by atoms with Crippen LogP contribution in [-0.2, 0) is 23.9 Å². The number of rotatable bonds is 11. The minimum atomic E-state index is -4.75. The van der Waals surface area contributed by atoms with Crippen molar-refractivity contribution >= 4 is 11.9 Å². The molecule has 0 radical (unpaired) electrons. The van der Waals surface area contributed by atoms with Gasteiger partial charge in [0.1, 0.15) is 11.6 Å². The summed E-state index contributed by atoms with van der Waals surface area (Å²) < 4.78 is 72.7. The van der Waals surface area contributed by atoms with Gasteiger partial charge >= 0.3 is 12.1 Å². The Morgan fingerprint density at radius 1 is 1.06 bits per heavy atom. The van der Waals surface area contributed by atoms with Crippen LogP contribution in [0.4, 0.5) is 22.0 Å². The number of carboxylic acid groups (broad SMARTS) is 1. The number of aliphatic carboxylic acids is 1. The Labute approximate surface area is 193 Å². The van der Waals surface area contributed by atoms with Gasteiger partial charge in [-0.15, -0.1) is 0 Å². The fourth-order valence-corrected chi connectivity index (χ4v) is 3.17. The van der Waals surface area contributed by atoms with Crippen molar-refractivity contribution in [3.63, 3.8) is 0 Å². The smallest absolute Gasteiger partial charge is 0.416 e. The van der Waals surface area contributed by atoms with Crippen LogP contribution in [0.3, 0.4) is 0 Å². The van der Waals surface area contributed by atoms with Crippen LogP contribution in [0.5, 0.6) is 5.75 Å². The molecule has 2 aromatic rings. The van der Waals surface area contributed by atoms with Crippen molar-refractivity contribution in [3.8, 4) is 5.75 Å². The SMILES string of the molecule is CCCCOc1ccc(C[C@](F)(CC)C(=O)O)cc1CNC(=O)c1ccc(C(F)(F)F)cc1F. The van der Waals surface area contributed by atoms with E-state index in [0.717, 1.165) is 18.9 Å². The number of benzene rings is 2. The average Bonchev–Trinajstić information content (AvgIpc) is 2.77. The summed E-state index contributed by atoms with van der Waals surface area (Å²) in [6.07, 6.45) is -3.82. The zero-order valence-electron chi connectivity index (χ0n) is 18.8. The van der Waals surface area contributed by atoms with Crippen molar-refractivity contribution < 1.29 is 41.4 Å². The monoisotopic (exact) mass is 487 g/mol. The highest BCUT2D eigenvalue weighted by Gasteiger charge is 2.37. The summed E-state index contributed by atoms with van der Waals surface area (Å²) >= 11 is 0. The minimum Gasteiger partial charge on any atom is -0.493 e. The molecule has 5 nitrogen and oxygen atoms in total. The van der Waals surface area contributed by atoms with Gasteiger partial charge in [-0.1, -0.05) is 32.4 Å². The lowest BCUT2D eigenvalue weighted by molar-refractivity contribution is -0.151. The van der Waals surface area contributed by atoms with Gasteiger partial charge in [0.05, 0.1) is 17.7 Å². The molecule has 0 heterocycles. The second kappa shape index (κ2) is 11.3. The van der Waals surface area contributed by atoms with Crippen LogP contribution < -0.4 is 10.1 Å². The van der Waals surface area contributed by atoms with E-state index in [2.05, 4.69) is 5.32 Å². The Kier molecular flexibility index (Phi) is 9.00. The minimum absolute atomic E-state index is 0.201. The number of nitrogens with one attached hydrogen (secondary N) is 1. The van der Waals surface area contributed by atoms with Gasteiger partial charge in [-0.2, -0.15) is 13.2 Å². The number of alkyl halides is 4. The Hall–Kier alpha value is -3.17. The third kappa shape index (κ3) is 6.91. The number of halogens is 5. The molecule has 0 aliphatic heterocycles. The molecule has 0 saturated carbocycles. The van der Waals surface area contributed by atoms with Gasteiger partial charge in [-0.25, -0.2) is 13.6 Å². The molecule has 0 fully saturated rings. The van der Waals surface area contributed by atoms with Crippen LogP contribution in [0, 0.1) is 5.82 Å². The second-order valence-corrected chi connectivity index (χ2v) is 7.82. The molecule has 0 bridgehead atoms. The second-order valence-electron chi connectivity index (χ2n) is 7.82. The van der Waals surface area contributed by atoms with Gasteiger partial charge in [0.25, 0.3) is 5.91 Å². The topological polar surface area (TPSA) is 75.6 Å². The molecule has 34 heavy (non-hydrogen) atoms. The number of carbonyl (C=O) groups is 2. The summed E-state index contributed by atoms with van der Waals surface area (Å²) in [6, 6.07) is 6.13. The summed E-state index contributed by atoms with van der Waals surface area (Å²) in [4.78, 5) is 23.7. The van der Waals surface area contributed by atoms with Crippen LogP contribution in [-0.4, -0.2) is 29.3 Å². The summed E-state index contributed by atoms with van der Waals surface area (Å²) in [5.74, 6) is -3.50. The number of hydrogen-bond acceptors (Lipinski definition) is 3. The first-order valence-corrected chi connectivity index (χ1v) is 10.7. The summed E-state index contributed by atoms with van der Waals surface area (Å²) in [7, 11) is 0. The molecule has 10 heteroatoms. The van der Waals surface area contributed by atoms with E-state index < -0.39 is 47.1 Å². The maximum absolute atomic E-state index is 14.7. The third-order valence-corrected chi connectivity index (χ3v) is 5.29. The van der Waals surface area contributed by atoms with Gasteiger partial charge in [-0.3, -0.25) is 4.79 Å². The van der Waals surface area contributed by atoms with Gasteiger partial charge in [0.15, 0.2) is 0 Å². The van der Waals surface area contributed by atoms with Crippen LogP contribution in [0.2, 0.25) is 0 Å². The fraction of sp³-hybridized carbons (Fsp3) is 0.417. The molecule has 0 unspecified atom stereocenters. The molecule has 2 N–H and O–H groups in total. The zero-order valence-corrected chi connectivity index (χ0v) is 18.8. The standard InChI is InChI=1S/C24H26F5NO4/c1-3-5-10-34-20-9-6-15(13-23(26,4-2)22(32)33)11-16(20)14-30-21(31)18-8-7-17(12-19(18)25)24(27,28)29/h6-9,11-12H,3-5,10,13-14H2,1-2H3,(H,30,31)(H,32,33)/t23-/m1/s1. The van der Waals surface area contributed by atoms with E-state index in [1.54, 1.807) is 0 Å². The van der Waals surface area contributed by atoms with Crippen LogP contribution in [0.15, 0.2) is 36.4 Å². The lowest BCUT2D eigenvalue weighted by Crippen LogP contribution is -2.35. The maximum Gasteiger partial charge on any atom is 0.416 e. The van der Waals surface area contributed by atoms with Gasteiger partial charge in [0.2, 0.25) is 5.67 Å². The molecule has 0 spiro atoms. The number of carbonyl (C=O) groups excluding carboxylic acids is 1. The lowest BCUT2D eigenvalue weighted by Gasteiger charge is -2.20. The fourth-order valence-electron chi connectivity index (χ4n) is 3.17. The molecular formula is C24H26F5NO4. The quantitative estimate of drug-likeness (QED) is 0.315. The maximum atomic E-state index is 14.7. The molecule has 1 atom stereocenters. The van der Waals surface area contributed by atoms with Crippen LogP contribution in [0.1, 0.15) is 60.2 Å². The Morgan fingerprint density at radius 2 is 1.76 bits per heavy atom. The summed E-state index contributed by atoms with van der Waals surface area (Å²) in [6.45, 7) is 3.54. The number of amides is 1. The van der Waals surface area contributed by atoms with E-state index in [4.69, 9.17) is 4.74 Å². The van der Waals surface area contributed by atoms with Crippen molar-refractivity contribution in [2.75, 3.05) is 6.61 Å². The Morgan fingerprint density at radius 3 is 2.32 bits per heavy atom. The zero-order chi connectivity index (χ0) is 25.5. The first-order chi connectivity index (χ1) is 15.9. The highest BCUT2D eigenvalue weighted by molar-refractivity contribution is 5.94. The molecule has 2 aromatic carbocycles. The predicted molar refractivity (Wildman–Crippen MR) is 115 cm³/mol. The molecular weight excluding hydrogens is 461 g/mol. The van der Waals surface area contributed by atoms with Gasteiger partial charge in [-0.05, 0) is 42.7 Å². The van der Waals surface area contributed by atoms with Gasteiger partial charge < -0.3 is 15.2 Å². The summed E-state index contributed by atoms with van der Waals surface area (Å²) in [5.41, 5.74) is -3.53. The highest BCUT2D eigenvalue weighted by atomic mass is 19.4. The first-order valence-electron chi connectivity index (χ1n) is 10.7. The molecule has 0 aliphatic rings. The Bertz CT molecular complexity index is 1020. The van der Waals surface area contributed by atoms with E-state index in [1.165, 1.54) is 25.1 Å². The number of unbranched alkanes of at least 4 members (excludes halogenated alkanes) is 1. The van der Waals surface area contributed by atoms with E-state index in [9.17, 15) is 36.6 Å². The highest BCUT2D eigenvalue weighted by Crippen LogP contribution is 2.30. The van der Waals surface area contributed by atoms with Crippen LogP contribution in [0.25, 0.3) is 0 Å². The van der Waals surface area contributed by atoms with Crippen molar-refractivity contribution in [3.05, 3.63) is 64.5 Å². The molecule has 0 aliphatic carbocycles. The molecule has 2 rings (SSSR count). The van der Waals surface area contributed by atoms with Gasteiger partial charge in [0, 0.05) is 18.5 Å². The largest absolute Gasteiger partial charge is 0.493 e. The molecule has 186 valence electrons. The first kappa shape index (κ1) is 27.1. The summed E-state index contributed by atoms with van der Waals surface area (Å²) in [5, 5.41) is 11.6. The van der Waals surface area contributed by atoms with E-state index in [-0.39, 0.29) is 19.0 Å². The van der Waals surface area contributed by atoms with E-state index in [0.29, 0.717) is 29.5 Å². The number of ether oxygens (including phenoxy) is 1. The van der Waals surface area contributed by atoms with Crippen molar-refractivity contribution in [1.29, 1.82) is 0 Å². The molecule has 1 amide bonds. The van der Waals surface area contributed by atoms with E-state index >= 15 is 0 Å². The van der Waals surface area contributed by atoms with Crippen molar-refractivity contribution in [2.45, 2.75) is 57.9 Å². The lowest BCUT2D eigenvalue weighted by atomic mass is 9.93. The third-order valence-electron chi connectivity index (χ3n) is 5.29. The van der Waals surface area contributed by atoms with Crippen LogP contribution >= 0.6 is 0 Å². The normalized spacial score (nSPS) is 13.3. The Balaban J connectivity index is 2.25. The average molecular weight is 487 g/mol. The predicted octanol–water partition coefficient (Wildman–Crippen LogP) is 5.70. The van der Waals surface area contributed by atoms with Crippen molar-refractivity contribution in [2.24, 2.45) is 0 Å². The number of hydrogen-bond donors (Lipinski definition) is 2. The van der Waals surface area contributed by atoms with E-state index in [1.807, 2.05) is 6.92 Å². The molecule has 0 saturated heterocycles. The van der Waals surface area contributed by atoms with Crippen molar-refractivity contribution in [1.82, 2.24) is 5.32 Å². The number of carboxylic acids is 1.